The standard InChI is InChI=1S/C30H31N3O6S/c1-20-7-9-22(24-6-4-5-15-31-24)23-10-11-25(32-28(20)23)29(34)33-40(35,36)27-18-21(8-12-26(27)38-3)30(19-37-2)13-16-39-17-14-30/h4-12,15,18H,13-14,16-17,19H2,1-3H3,(H,33,34). The smallest absolute Gasteiger partial charge is 0.283 e. The van der Waals surface area contributed by atoms with Gasteiger partial charge < -0.3 is 14.2 Å². The number of nitrogens with one attached hydrogen (secondary N) is 1. The van der Waals surface area contributed by atoms with E-state index < -0.39 is 21.3 Å². The molecule has 2 aromatic carbocycles. The van der Waals surface area contributed by atoms with Crippen molar-refractivity contribution in [3.05, 3.63) is 83.7 Å². The summed E-state index contributed by atoms with van der Waals surface area (Å²) < 4.78 is 45.7. The third-order valence-electron chi connectivity index (χ3n) is 7.40. The molecule has 0 aliphatic carbocycles. The maximum atomic E-state index is 13.6. The highest BCUT2D eigenvalue weighted by molar-refractivity contribution is 7.90. The van der Waals surface area contributed by atoms with E-state index in [1.165, 1.54) is 13.2 Å². The molecular weight excluding hydrogens is 530 g/mol. The van der Waals surface area contributed by atoms with Gasteiger partial charge in [0.2, 0.25) is 0 Å². The summed E-state index contributed by atoms with van der Waals surface area (Å²) in [4.78, 5) is 22.1. The van der Waals surface area contributed by atoms with Crippen LogP contribution in [0.15, 0.2) is 71.8 Å². The van der Waals surface area contributed by atoms with Crippen LogP contribution in [0.25, 0.3) is 22.2 Å². The van der Waals surface area contributed by atoms with E-state index in [2.05, 4.69) is 14.7 Å². The molecule has 1 aliphatic rings. The third-order valence-corrected chi connectivity index (χ3v) is 8.75. The van der Waals surface area contributed by atoms with Gasteiger partial charge in [-0.25, -0.2) is 18.1 Å². The predicted molar refractivity (Wildman–Crippen MR) is 151 cm³/mol. The fraction of sp³-hybridized carbons (Fsp3) is 0.300. The van der Waals surface area contributed by atoms with Gasteiger partial charge in [-0.1, -0.05) is 24.3 Å². The van der Waals surface area contributed by atoms with E-state index in [9.17, 15) is 13.2 Å². The molecule has 2 aromatic heterocycles. The Morgan fingerprint density at radius 2 is 1.85 bits per heavy atom. The Bertz CT molecular complexity index is 1650. The first kappa shape index (κ1) is 27.7. The molecule has 0 unspecified atom stereocenters. The molecule has 0 saturated carbocycles. The number of pyridine rings is 2. The highest BCUT2D eigenvalue weighted by Gasteiger charge is 2.36. The van der Waals surface area contributed by atoms with Crippen molar-refractivity contribution in [3.8, 4) is 17.0 Å². The summed E-state index contributed by atoms with van der Waals surface area (Å²) in [6.07, 6.45) is 3.07. The summed E-state index contributed by atoms with van der Waals surface area (Å²) >= 11 is 0. The van der Waals surface area contributed by atoms with Gasteiger partial charge in [0.1, 0.15) is 16.3 Å². The van der Waals surface area contributed by atoms with Gasteiger partial charge in [-0.05, 0) is 67.3 Å². The maximum Gasteiger partial charge on any atom is 0.283 e. The Morgan fingerprint density at radius 3 is 2.55 bits per heavy atom. The van der Waals surface area contributed by atoms with E-state index >= 15 is 0 Å². The lowest BCUT2D eigenvalue weighted by Gasteiger charge is -2.37. The van der Waals surface area contributed by atoms with E-state index in [4.69, 9.17) is 14.2 Å². The number of hydrogen-bond acceptors (Lipinski definition) is 8. The number of carbonyl (C=O) groups excluding carboxylic acids is 1. The van der Waals surface area contributed by atoms with Crippen molar-refractivity contribution in [2.24, 2.45) is 0 Å². The molecule has 4 aromatic rings. The van der Waals surface area contributed by atoms with E-state index in [0.717, 1.165) is 27.8 Å². The van der Waals surface area contributed by atoms with Crippen LogP contribution in [0.4, 0.5) is 0 Å². The van der Waals surface area contributed by atoms with Crippen molar-refractivity contribution in [3.63, 3.8) is 0 Å². The van der Waals surface area contributed by atoms with Crippen molar-refractivity contribution in [2.45, 2.75) is 30.1 Å². The Kier molecular flexibility index (Phi) is 7.84. The summed E-state index contributed by atoms with van der Waals surface area (Å²) in [7, 11) is -1.30. The topological polar surface area (TPSA) is 117 Å². The summed E-state index contributed by atoms with van der Waals surface area (Å²) in [5, 5.41) is 0.812. The van der Waals surface area contributed by atoms with Crippen LogP contribution in [0.2, 0.25) is 0 Å². The monoisotopic (exact) mass is 561 g/mol. The van der Waals surface area contributed by atoms with Crippen LogP contribution in [0.1, 0.15) is 34.5 Å². The van der Waals surface area contributed by atoms with E-state index in [1.807, 2.05) is 43.3 Å². The Balaban J connectivity index is 1.49. The number of benzene rings is 2. The number of rotatable bonds is 8. The molecule has 1 aliphatic heterocycles. The van der Waals surface area contributed by atoms with Gasteiger partial charge in [0, 0.05) is 42.9 Å². The molecule has 5 rings (SSSR count). The second-order valence-corrected chi connectivity index (χ2v) is 11.5. The number of sulfonamides is 1. The van der Waals surface area contributed by atoms with Gasteiger partial charge in [-0.2, -0.15) is 0 Å². The molecule has 9 nitrogen and oxygen atoms in total. The van der Waals surface area contributed by atoms with Crippen molar-refractivity contribution in [1.29, 1.82) is 0 Å². The van der Waals surface area contributed by atoms with Crippen LogP contribution in [0.5, 0.6) is 5.75 Å². The van der Waals surface area contributed by atoms with Crippen LogP contribution in [-0.4, -0.2) is 58.3 Å². The normalized spacial score (nSPS) is 15.1. The molecule has 10 heteroatoms. The molecule has 40 heavy (non-hydrogen) atoms. The van der Waals surface area contributed by atoms with Crippen LogP contribution < -0.4 is 9.46 Å². The molecule has 0 bridgehead atoms. The average Bonchev–Trinajstić information content (AvgIpc) is 2.98. The number of carbonyl (C=O) groups is 1. The van der Waals surface area contributed by atoms with E-state index in [0.29, 0.717) is 38.2 Å². The molecule has 1 fully saturated rings. The number of methoxy groups -OCH3 is 2. The molecule has 0 spiro atoms. The zero-order valence-corrected chi connectivity index (χ0v) is 23.5. The molecule has 0 atom stereocenters. The third kappa shape index (κ3) is 5.30. The quantitative estimate of drug-likeness (QED) is 0.336. The lowest BCUT2D eigenvalue weighted by Crippen LogP contribution is -2.38. The highest BCUT2D eigenvalue weighted by Crippen LogP contribution is 2.38. The van der Waals surface area contributed by atoms with Crippen molar-refractivity contribution in [1.82, 2.24) is 14.7 Å². The summed E-state index contributed by atoms with van der Waals surface area (Å²) in [6.45, 7) is 3.39. The van der Waals surface area contributed by atoms with Gasteiger partial charge in [0.05, 0.1) is 24.9 Å². The molecule has 3 heterocycles. The highest BCUT2D eigenvalue weighted by atomic mass is 32.2. The van der Waals surface area contributed by atoms with Gasteiger partial charge in [-0.15, -0.1) is 0 Å². The summed E-state index contributed by atoms with van der Waals surface area (Å²) in [5.74, 6) is -0.708. The lowest BCUT2D eigenvalue weighted by molar-refractivity contribution is 0.0135. The van der Waals surface area contributed by atoms with Gasteiger partial charge in [0.15, 0.2) is 0 Å². The minimum Gasteiger partial charge on any atom is -0.495 e. The van der Waals surface area contributed by atoms with Crippen molar-refractivity contribution in [2.75, 3.05) is 34.0 Å². The minimum atomic E-state index is -4.31. The SMILES string of the molecule is COCC1(c2ccc(OC)c(S(=O)(=O)NC(=O)c3ccc4c(-c5ccccn5)ccc(C)c4n3)c2)CCOCC1. The van der Waals surface area contributed by atoms with Crippen LogP contribution in [-0.2, 0) is 24.9 Å². The fourth-order valence-electron chi connectivity index (χ4n) is 5.23. The lowest BCUT2D eigenvalue weighted by atomic mass is 9.75. The predicted octanol–water partition coefficient (Wildman–Crippen LogP) is 4.43. The van der Waals surface area contributed by atoms with Gasteiger partial charge in [-0.3, -0.25) is 9.78 Å². The number of fused-ring (bicyclic) bond motifs is 1. The first-order valence-electron chi connectivity index (χ1n) is 12.9. The second-order valence-electron chi connectivity index (χ2n) is 9.86. The Hall–Kier alpha value is -3.86. The summed E-state index contributed by atoms with van der Waals surface area (Å²) in [5.41, 5.74) is 3.44. The number of nitrogens with zero attached hydrogens (tertiary/aromatic N) is 2. The number of aryl methyl sites for hydroxylation is 1. The van der Waals surface area contributed by atoms with Crippen LogP contribution in [0.3, 0.4) is 0 Å². The van der Waals surface area contributed by atoms with E-state index in [-0.39, 0.29) is 16.3 Å². The average molecular weight is 562 g/mol. The number of hydrogen-bond donors (Lipinski definition) is 1. The molecule has 1 N–H and O–H groups in total. The first-order valence-corrected chi connectivity index (χ1v) is 14.4. The molecule has 1 amide bonds. The fourth-order valence-corrected chi connectivity index (χ4v) is 6.38. The zero-order valence-electron chi connectivity index (χ0n) is 22.6. The Labute approximate surface area is 233 Å². The molecular formula is C30H31N3O6S. The maximum absolute atomic E-state index is 13.6. The van der Waals surface area contributed by atoms with Crippen molar-refractivity contribution >= 4 is 26.8 Å². The number of aromatic nitrogens is 2. The summed E-state index contributed by atoms with van der Waals surface area (Å²) in [6, 6.07) is 17.8. The Morgan fingerprint density at radius 1 is 1.05 bits per heavy atom. The second kappa shape index (κ2) is 11.3. The van der Waals surface area contributed by atoms with Crippen LogP contribution >= 0.6 is 0 Å². The number of ether oxygens (including phenoxy) is 3. The van der Waals surface area contributed by atoms with Gasteiger partial charge in [0.25, 0.3) is 15.9 Å². The minimum absolute atomic E-state index is 0.0206. The first-order chi connectivity index (χ1) is 19.3. The van der Waals surface area contributed by atoms with Crippen molar-refractivity contribution < 1.29 is 27.4 Å². The number of amides is 1. The largest absolute Gasteiger partial charge is 0.495 e. The molecule has 0 radical (unpaired) electrons. The molecule has 1 saturated heterocycles. The molecule has 208 valence electrons. The zero-order chi connectivity index (χ0) is 28.3. The van der Waals surface area contributed by atoms with Gasteiger partial charge >= 0.3 is 0 Å². The van der Waals surface area contributed by atoms with Crippen LogP contribution in [0, 0.1) is 6.92 Å². The van der Waals surface area contributed by atoms with E-state index in [1.54, 1.807) is 31.5 Å².